The predicted molar refractivity (Wildman–Crippen MR) is 73.6 cm³/mol. The molecule has 1 aromatic carbocycles. The smallest absolute Gasteiger partial charge is 0.333 e. The number of carbonyl (C=O) groups is 2. The zero-order chi connectivity index (χ0) is 15.0. The van der Waals surface area contributed by atoms with E-state index in [1.54, 1.807) is 31.2 Å². The van der Waals surface area contributed by atoms with E-state index in [2.05, 4.69) is 6.58 Å². The zero-order valence-corrected chi connectivity index (χ0v) is 11.7. The Kier molecular flexibility index (Phi) is 6.29. The first kappa shape index (κ1) is 15.8. The predicted octanol–water partition coefficient (Wildman–Crippen LogP) is 2.50. The van der Waals surface area contributed by atoms with Gasteiger partial charge in [0.05, 0.1) is 13.2 Å². The molecule has 1 rings (SSSR count). The van der Waals surface area contributed by atoms with Gasteiger partial charge in [0.15, 0.2) is 0 Å². The van der Waals surface area contributed by atoms with E-state index < -0.39 is 5.97 Å². The molecule has 0 saturated heterocycles. The number of benzene rings is 1. The third-order valence-electron chi connectivity index (χ3n) is 2.22. The highest BCUT2D eigenvalue weighted by atomic mass is 16.5. The second kappa shape index (κ2) is 7.99. The van der Waals surface area contributed by atoms with E-state index in [1.165, 1.54) is 6.92 Å². The van der Waals surface area contributed by atoms with Crippen molar-refractivity contribution in [2.75, 3.05) is 13.2 Å². The molecule has 0 aromatic heterocycles. The fourth-order valence-corrected chi connectivity index (χ4v) is 1.31. The standard InChI is InChI=1S/C15H18O5/c1-11(2)15(17)19-10-4-9-18-13-5-7-14(8-6-13)20-12(3)16/h5-8H,1,4,9-10H2,2-3H3. The van der Waals surface area contributed by atoms with Crippen molar-refractivity contribution >= 4 is 11.9 Å². The van der Waals surface area contributed by atoms with Crippen LogP contribution in [0.2, 0.25) is 0 Å². The summed E-state index contributed by atoms with van der Waals surface area (Å²) in [6, 6.07) is 6.71. The molecule has 0 aliphatic rings. The Morgan fingerprint density at radius 3 is 2.20 bits per heavy atom. The van der Waals surface area contributed by atoms with Crippen LogP contribution in [0.15, 0.2) is 36.4 Å². The normalized spacial score (nSPS) is 9.70. The molecule has 0 amide bonds. The molecule has 0 bridgehead atoms. The van der Waals surface area contributed by atoms with E-state index in [0.29, 0.717) is 30.1 Å². The first-order chi connectivity index (χ1) is 9.49. The molecular weight excluding hydrogens is 260 g/mol. The summed E-state index contributed by atoms with van der Waals surface area (Å²) in [5, 5.41) is 0. The van der Waals surface area contributed by atoms with Crippen LogP contribution < -0.4 is 9.47 Å². The van der Waals surface area contributed by atoms with Crippen LogP contribution in [-0.4, -0.2) is 25.2 Å². The van der Waals surface area contributed by atoms with Crippen molar-refractivity contribution in [1.29, 1.82) is 0 Å². The highest BCUT2D eigenvalue weighted by Gasteiger charge is 2.02. The van der Waals surface area contributed by atoms with Gasteiger partial charge in [-0.05, 0) is 31.2 Å². The molecule has 0 fully saturated rings. The Hall–Kier alpha value is -2.30. The molecule has 0 aliphatic heterocycles. The molecule has 1 aromatic rings. The summed E-state index contributed by atoms with van der Waals surface area (Å²) in [6.07, 6.45) is 0.588. The summed E-state index contributed by atoms with van der Waals surface area (Å²) in [5.41, 5.74) is 0.381. The van der Waals surface area contributed by atoms with Gasteiger partial charge in [0.25, 0.3) is 0 Å². The summed E-state index contributed by atoms with van der Waals surface area (Å²) < 4.78 is 15.3. The Morgan fingerprint density at radius 1 is 1.05 bits per heavy atom. The number of ether oxygens (including phenoxy) is 3. The van der Waals surface area contributed by atoms with Gasteiger partial charge in [-0.25, -0.2) is 4.79 Å². The van der Waals surface area contributed by atoms with E-state index in [9.17, 15) is 9.59 Å². The minimum atomic E-state index is -0.393. The van der Waals surface area contributed by atoms with Crippen molar-refractivity contribution < 1.29 is 23.8 Å². The maximum absolute atomic E-state index is 11.1. The number of hydrogen-bond donors (Lipinski definition) is 0. The van der Waals surface area contributed by atoms with Crippen LogP contribution in [0.1, 0.15) is 20.3 Å². The molecule has 0 atom stereocenters. The van der Waals surface area contributed by atoms with Crippen LogP contribution >= 0.6 is 0 Å². The zero-order valence-electron chi connectivity index (χ0n) is 11.7. The van der Waals surface area contributed by atoms with Crippen molar-refractivity contribution in [1.82, 2.24) is 0 Å². The van der Waals surface area contributed by atoms with Gasteiger partial charge in [-0.15, -0.1) is 0 Å². The van der Waals surface area contributed by atoms with Gasteiger partial charge < -0.3 is 14.2 Å². The topological polar surface area (TPSA) is 61.8 Å². The van der Waals surface area contributed by atoms with Crippen LogP contribution in [0.5, 0.6) is 11.5 Å². The van der Waals surface area contributed by atoms with Gasteiger partial charge in [0.1, 0.15) is 11.5 Å². The van der Waals surface area contributed by atoms with Crippen molar-refractivity contribution in [3.8, 4) is 11.5 Å². The molecule has 5 heteroatoms. The maximum atomic E-state index is 11.1. The monoisotopic (exact) mass is 278 g/mol. The molecule has 0 saturated carbocycles. The number of carbonyl (C=O) groups excluding carboxylic acids is 2. The second-order valence-electron chi connectivity index (χ2n) is 4.18. The lowest BCUT2D eigenvalue weighted by molar-refractivity contribution is -0.139. The molecule has 0 aliphatic carbocycles. The van der Waals surface area contributed by atoms with Crippen molar-refractivity contribution in [3.05, 3.63) is 36.4 Å². The number of esters is 2. The van der Waals surface area contributed by atoms with Crippen LogP contribution in [0.3, 0.4) is 0 Å². The number of rotatable bonds is 7. The molecule has 0 heterocycles. The fourth-order valence-electron chi connectivity index (χ4n) is 1.31. The molecule has 0 N–H and O–H groups in total. The van der Waals surface area contributed by atoms with Gasteiger partial charge in [-0.3, -0.25) is 4.79 Å². The quantitative estimate of drug-likeness (QED) is 0.332. The Labute approximate surface area is 118 Å². The molecule has 0 spiro atoms. The van der Waals surface area contributed by atoms with E-state index in [4.69, 9.17) is 14.2 Å². The van der Waals surface area contributed by atoms with Gasteiger partial charge in [-0.2, -0.15) is 0 Å². The van der Waals surface area contributed by atoms with Crippen molar-refractivity contribution in [2.24, 2.45) is 0 Å². The molecule has 5 nitrogen and oxygen atoms in total. The van der Waals surface area contributed by atoms with E-state index in [-0.39, 0.29) is 12.6 Å². The summed E-state index contributed by atoms with van der Waals surface area (Å²) in [4.78, 5) is 21.8. The largest absolute Gasteiger partial charge is 0.493 e. The number of hydrogen-bond acceptors (Lipinski definition) is 5. The van der Waals surface area contributed by atoms with Crippen LogP contribution in [0.25, 0.3) is 0 Å². The molecule has 0 unspecified atom stereocenters. The van der Waals surface area contributed by atoms with Gasteiger partial charge >= 0.3 is 11.9 Å². The lowest BCUT2D eigenvalue weighted by Crippen LogP contribution is -2.09. The van der Waals surface area contributed by atoms with Crippen LogP contribution in [0, 0.1) is 0 Å². The lowest BCUT2D eigenvalue weighted by atomic mass is 10.3. The Balaban J connectivity index is 2.24. The Bertz CT molecular complexity index is 476. The van der Waals surface area contributed by atoms with Gasteiger partial charge in [-0.1, -0.05) is 6.58 Å². The van der Waals surface area contributed by atoms with Crippen molar-refractivity contribution in [2.45, 2.75) is 20.3 Å². The van der Waals surface area contributed by atoms with Gasteiger partial charge in [0, 0.05) is 18.9 Å². The minimum absolute atomic E-state index is 0.289. The first-order valence-corrected chi connectivity index (χ1v) is 6.23. The lowest BCUT2D eigenvalue weighted by Gasteiger charge is -2.07. The van der Waals surface area contributed by atoms with E-state index in [0.717, 1.165) is 0 Å². The highest BCUT2D eigenvalue weighted by Crippen LogP contribution is 2.17. The molecule has 0 radical (unpaired) electrons. The maximum Gasteiger partial charge on any atom is 0.333 e. The van der Waals surface area contributed by atoms with Crippen LogP contribution in [0.4, 0.5) is 0 Å². The Morgan fingerprint density at radius 2 is 1.65 bits per heavy atom. The van der Waals surface area contributed by atoms with E-state index in [1.807, 2.05) is 0 Å². The summed E-state index contributed by atoms with van der Waals surface area (Å²) >= 11 is 0. The second-order valence-corrected chi connectivity index (χ2v) is 4.18. The third-order valence-corrected chi connectivity index (χ3v) is 2.22. The van der Waals surface area contributed by atoms with E-state index >= 15 is 0 Å². The van der Waals surface area contributed by atoms with Crippen molar-refractivity contribution in [3.63, 3.8) is 0 Å². The average Bonchev–Trinajstić information content (AvgIpc) is 2.39. The third kappa shape index (κ3) is 6.04. The molecule has 108 valence electrons. The van der Waals surface area contributed by atoms with Gasteiger partial charge in [0.2, 0.25) is 0 Å². The molecule has 20 heavy (non-hydrogen) atoms. The fraction of sp³-hybridized carbons (Fsp3) is 0.333. The summed E-state index contributed by atoms with van der Waals surface area (Å²) in [6.45, 7) is 7.15. The highest BCUT2D eigenvalue weighted by molar-refractivity contribution is 5.86. The molecular formula is C15H18O5. The van der Waals surface area contributed by atoms with Crippen LogP contribution in [-0.2, 0) is 14.3 Å². The summed E-state index contributed by atoms with van der Waals surface area (Å²) in [7, 11) is 0. The summed E-state index contributed by atoms with van der Waals surface area (Å²) in [5.74, 6) is 0.376. The average molecular weight is 278 g/mol. The SMILES string of the molecule is C=C(C)C(=O)OCCCOc1ccc(OC(C)=O)cc1. The first-order valence-electron chi connectivity index (χ1n) is 6.23. The minimum Gasteiger partial charge on any atom is -0.493 e.